The van der Waals surface area contributed by atoms with Crippen molar-refractivity contribution in [3.05, 3.63) is 77.3 Å². The van der Waals surface area contributed by atoms with Crippen LogP contribution in [0.1, 0.15) is 24.1 Å². The van der Waals surface area contributed by atoms with Crippen molar-refractivity contribution in [1.82, 2.24) is 9.88 Å². The Kier molecular flexibility index (Phi) is 3.93. The van der Waals surface area contributed by atoms with Crippen LogP contribution in [0.5, 0.6) is 0 Å². The Morgan fingerprint density at radius 2 is 1.96 bits per heavy atom. The summed E-state index contributed by atoms with van der Waals surface area (Å²) < 4.78 is 0. The monoisotopic (exact) mass is 308 g/mol. The van der Waals surface area contributed by atoms with E-state index in [0.29, 0.717) is 0 Å². The first-order valence-electron chi connectivity index (χ1n) is 7.28. The number of hydrogen-bond acceptors (Lipinski definition) is 4. The van der Waals surface area contributed by atoms with E-state index in [0.717, 1.165) is 11.1 Å². The number of aliphatic hydroxyl groups is 1. The maximum Gasteiger partial charge on any atom is 0.290 e. The van der Waals surface area contributed by atoms with Gasteiger partial charge in [0.15, 0.2) is 11.5 Å². The van der Waals surface area contributed by atoms with Gasteiger partial charge in [-0.2, -0.15) is 0 Å². The number of rotatable bonds is 4. The minimum atomic E-state index is -0.582. The molecule has 0 spiro atoms. The molecule has 0 bridgehead atoms. The molecule has 5 nitrogen and oxygen atoms in total. The van der Waals surface area contributed by atoms with Gasteiger partial charge in [-0.1, -0.05) is 36.4 Å². The summed E-state index contributed by atoms with van der Waals surface area (Å²) in [6.45, 7) is 1.63. The van der Waals surface area contributed by atoms with E-state index in [2.05, 4.69) is 4.98 Å². The molecule has 1 aromatic heterocycles. The van der Waals surface area contributed by atoms with Crippen molar-refractivity contribution < 1.29 is 14.7 Å². The predicted molar refractivity (Wildman–Crippen MR) is 84.3 cm³/mol. The highest BCUT2D eigenvalue weighted by molar-refractivity contribution is 6.08. The lowest BCUT2D eigenvalue weighted by Gasteiger charge is -2.26. The van der Waals surface area contributed by atoms with Crippen LogP contribution in [0.15, 0.2) is 66.2 Å². The highest BCUT2D eigenvalue weighted by atomic mass is 16.3. The van der Waals surface area contributed by atoms with E-state index >= 15 is 0 Å². The molecule has 116 valence electrons. The van der Waals surface area contributed by atoms with E-state index in [1.807, 2.05) is 36.4 Å². The number of Topliss-reactive ketones (excluding diaryl/α,β-unsaturated/α-hetero) is 1. The van der Waals surface area contributed by atoms with Gasteiger partial charge in [0, 0.05) is 18.9 Å². The molecule has 0 saturated carbocycles. The molecule has 2 aromatic rings. The molecule has 3 rings (SSSR count). The van der Waals surface area contributed by atoms with E-state index < -0.39 is 17.7 Å². The van der Waals surface area contributed by atoms with Gasteiger partial charge in [-0.3, -0.25) is 14.6 Å². The summed E-state index contributed by atoms with van der Waals surface area (Å²) in [5.41, 5.74) is 1.77. The van der Waals surface area contributed by atoms with Crippen LogP contribution in [0.3, 0.4) is 0 Å². The van der Waals surface area contributed by atoms with Gasteiger partial charge in [0.25, 0.3) is 5.91 Å². The molecule has 0 unspecified atom stereocenters. The largest absolute Gasteiger partial charge is 0.503 e. The van der Waals surface area contributed by atoms with Gasteiger partial charge in [0.1, 0.15) is 0 Å². The van der Waals surface area contributed by atoms with E-state index in [1.54, 1.807) is 18.5 Å². The number of ketones is 1. The number of carbonyl (C=O) groups is 2. The first kappa shape index (κ1) is 15.0. The van der Waals surface area contributed by atoms with Crippen LogP contribution in [-0.2, 0) is 16.1 Å². The van der Waals surface area contributed by atoms with Crippen molar-refractivity contribution in [2.45, 2.75) is 19.5 Å². The molecular weight excluding hydrogens is 292 g/mol. The molecular formula is C18H16N2O3. The predicted octanol–water partition coefficient (Wildman–Crippen LogP) is 2.57. The van der Waals surface area contributed by atoms with Crippen molar-refractivity contribution in [2.24, 2.45) is 0 Å². The van der Waals surface area contributed by atoms with Crippen LogP contribution in [0.25, 0.3) is 0 Å². The van der Waals surface area contributed by atoms with Crippen LogP contribution in [0.4, 0.5) is 0 Å². The first-order valence-corrected chi connectivity index (χ1v) is 7.28. The minimum Gasteiger partial charge on any atom is -0.503 e. The number of amides is 1. The van der Waals surface area contributed by atoms with Crippen molar-refractivity contribution >= 4 is 11.7 Å². The molecule has 0 radical (unpaired) electrons. The van der Waals surface area contributed by atoms with Gasteiger partial charge in [-0.05, 0) is 24.1 Å². The molecule has 0 saturated heterocycles. The summed E-state index contributed by atoms with van der Waals surface area (Å²) >= 11 is 0. The molecule has 1 N–H and O–H groups in total. The lowest BCUT2D eigenvalue weighted by atomic mass is 9.96. The Labute approximate surface area is 133 Å². The number of benzene rings is 1. The molecule has 1 aromatic carbocycles. The first-order chi connectivity index (χ1) is 11.1. The summed E-state index contributed by atoms with van der Waals surface area (Å²) in [5, 5.41) is 10.2. The van der Waals surface area contributed by atoms with Crippen LogP contribution in [-0.4, -0.2) is 26.7 Å². The number of aromatic nitrogens is 1. The van der Waals surface area contributed by atoms with Crippen LogP contribution >= 0.6 is 0 Å². The summed E-state index contributed by atoms with van der Waals surface area (Å²) in [7, 11) is 0. The zero-order valence-corrected chi connectivity index (χ0v) is 12.6. The highest BCUT2D eigenvalue weighted by Gasteiger charge is 2.42. The van der Waals surface area contributed by atoms with Gasteiger partial charge in [0.05, 0.1) is 11.6 Å². The standard InChI is InChI=1S/C18H16N2O3/c1-12(21)15-16(14-7-3-2-4-8-14)20(18(23)17(15)22)11-13-6-5-9-19-10-13/h2-10,16,22H,11H2,1H3/t16-/m0/s1. The fraction of sp³-hybridized carbons (Fsp3) is 0.167. The van der Waals surface area contributed by atoms with Gasteiger partial charge < -0.3 is 10.0 Å². The lowest BCUT2D eigenvalue weighted by Crippen LogP contribution is -2.30. The van der Waals surface area contributed by atoms with E-state index in [9.17, 15) is 14.7 Å². The van der Waals surface area contributed by atoms with Crippen LogP contribution in [0, 0.1) is 0 Å². The number of aliphatic hydroxyl groups excluding tert-OH is 1. The average Bonchev–Trinajstić information content (AvgIpc) is 2.82. The number of carbonyl (C=O) groups excluding carboxylic acids is 2. The fourth-order valence-electron chi connectivity index (χ4n) is 2.85. The molecule has 0 fully saturated rings. The lowest BCUT2D eigenvalue weighted by molar-refractivity contribution is -0.130. The van der Waals surface area contributed by atoms with Gasteiger partial charge in [-0.25, -0.2) is 0 Å². The smallest absolute Gasteiger partial charge is 0.290 e. The summed E-state index contributed by atoms with van der Waals surface area (Å²) in [4.78, 5) is 30.0. The van der Waals surface area contributed by atoms with E-state index in [4.69, 9.17) is 0 Å². The van der Waals surface area contributed by atoms with Crippen molar-refractivity contribution in [3.63, 3.8) is 0 Å². The molecule has 1 aliphatic rings. The minimum absolute atomic E-state index is 0.144. The molecule has 1 atom stereocenters. The molecule has 1 aliphatic heterocycles. The molecule has 5 heteroatoms. The maximum atomic E-state index is 12.5. The Morgan fingerprint density at radius 1 is 1.22 bits per heavy atom. The Balaban J connectivity index is 2.04. The van der Waals surface area contributed by atoms with Gasteiger partial charge >= 0.3 is 0 Å². The third-order valence-corrected chi connectivity index (χ3v) is 3.87. The quantitative estimate of drug-likeness (QED) is 0.942. The van der Waals surface area contributed by atoms with Crippen molar-refractivity contribution in [1.29, 1.82) is 0 Å². The average molecular weight is 308 g/mol. The zero-order chi connectivity index (χ0) is 16.4. The van der Waals surface area contributed by atoms with Gasteiger partial charge in [0.2, 0.25) is 0 Å². The van der Waals surface area contributed by atoms with E-state index in [-0.39, 0.29) is 17.9 Å². The third-order valence-electron chi connectivity index (χ3n) is 3.87. The summed E-state index contributed by atoms with van der Waals surface area (Å²) in [6, 6.07) is 12.3. The molecule has 0 aliphatic carbocycles. The van der Waals surface area contributed by atoms with Crippen molar-refractivity contribution in [3.8, 4) is 0 Å². The summed E-state index contributed by atoms with van der Waals surface area (Å²) in [5.74, 6) is -1.30. The maximum absolute atomic E-state index is 12.5. The number of nitrogens with zero attached hydrogens (tertiary/aromatic N) is 2. The summed E-state index contributed by atoms with van der Waals surface area (Å²) in [6.07, 6.45) is 3.32. The Morgan fingerprint density at radius 3 is 2.57 bits per heavy atom. The number of pyridine rings is 1. The second-order valence-electron chi connectivity index (χ2n) is 5.43. The molecule has 1 amide bonds. The zero-order valence-electron chi connectivity index (χ0n) is 12.6. The second kappa shape index (κ2) is 6.04. The van der Waals surface area contributed by atoms with Crippen molar-refractivity contribution in [2.75, 3.05) is 0 Å². The SMILES string of the molecule is CC(=O)C1=C(O)C(=O)N(Cc2cccnc2)[C@H]1c1ccccc1. The van der Waals surface area contributed by atoms with Crippen LogP contribution < -0.4 is 0 Å². The second-order valence-corrected chi connectivity index (χ2v) is 5.43. The van der Waals surface area contributed by atoms with Crippen LogP contribution in [0.2, 0.25) is 0 Å². The number of hydrogen-bond donors (Lipinski definition) is 1. The Bertz CT molecular complexity index is 769. The normalized spacial score (nSPS) is 17.7. The Hall–Kier alpha value is -2.95. The fourth-order valence-corrected chi connectivity index (χ4v) is 2.85. The third kappa shape index (κ3) is 2.73. The topological polar surface area (TPSA) is 70.5 Å². The highest BCUT2D eigenvalue weighted by Crippen LogP contribution is 2.38. The van der Waals surface area contributed by atoms with Gasteiger partial charge in [-0.15, -0.1) is 0 Å². The molecule has 23 heavy (non-hydrogen) atoms. The van der Waals surface area contributed by atoms with E-state index in [1.165, 1.54) is 11.8 Å². The molecule has 2 heterocycles.